The van der Waals surface area contributed by atoms with E-state index in [1.807, 2.05) is 45.0 Å². The zero-order chi connectivity index (χ0) is 9.40. The van der Waals surface area contributed by atoms with Crippen LogP contribution in [0.3, 0.4) is 0 Å². The van der Waals surface area contributed by atoms with Gasteiger partial charge in [-0.3, -0.25) is 0 Å². The SMILES string of the molecule is C#COc1cccc(C)c1.CC. The Morgan fingerprint density at radius 2 is 2.00 bits per heavy atom. The summed E-state index contributed by atoms with van der Waals surface area (Å²) in [5.74, 6) is 0.725. The minimum Gasteiger partial charge on any atom is -0.408 e. The van der Waals surface area contributed by atoms with E-state index in [1.165, 1.54) is 0 Å². The van der Waals surface area contributed by atoms with Crippen LogP contribution >= 0.6 is 0 Å². The molecule has 0 heterocycles. The Hall–Kier alpha value is -1.42. The van der Waals surface area contributed by atoms with Gasteiger partial charge in [-0.05, 0) is 24.6 Å². The molecule has 1 heteroatoms. The first-order valence-electron chi connectivity index (χ1n) is 4.02. The van der Waals surface area contributed by atoms with Crippen molar-refractivity contribution in [2.75, 3.05) is 0 Å². The van der Waals surface area contributed by atoms with Crippen LogP contribution in [-0.2, 0) is 0 Å². The Balaban J connectivity index is 0.000000561. The summed E-state index contributed by atoms with van der Waals surface area (Å²) in [4.78, 5) is 0. The summed E-state index contributed by atoms with van der Waals surface area (Å²) >= 11 is 0. The van der Waals surface area contributed by atoms with Crippen LogP contribution in [0.25, 0.3) is 0 Å². The lowest BCUT2D eigenvalue weighted by atomic mass is 10.2. The van der Waals surface area contributed by atoms with E-state index in [0.717, 1.165) is 11.3 Å². The van der Waals surface area contributed by atoms with E-state index >= 15 is 0 Å². The first kappa shape index (κ1) is 10.6. The van der Waals surface area contributed by atoms with Gasteiger partial charge in [0.1, 0.15) is 11.9 Å². The van der Waals surface area contributed by atoms with Gasteiger partial charge < -0.3 is 4.74 Å². The van der Waals surface area contributed by atoms with Gasteiger partial charge >= 0.3 is 0 Å². The van der Waals surface area contributed by atoms with Crippen molar-refractivity contribution in [2.45, 2.75) is 20.8 Å². The fourth-order valence-corrected chi connectivity index (χ4v) is 0.747. The highest BCUT2D eigenvalue weighted by molar-refractivity contribution is 5.28. The van der Waals surface area contributed by atoms with E-state index in [4.69, 9.17) is 11.2 Å². The van der Waals surface area contributed by atoms with Crippen molar-refractivity contribution in [3.05, 3.63) is 29.8 Å². The van der Waals surface area contributed by atoms with Crippen LogP contribution in [0, 0.1) is 19.5 Å². The van der Waals surface area contributed by atoms with Gasteiger partial charge in [-0.2, -0.15) is 0 Å². The van der Waals surface area contributed by atoms with E-state index in [9.17, 15) is 0 Å². The summed E-state index contributed by atoms with van der Waals surface area (Å²) in [5, 5.41) is 0. The molecule has 1 rings (SSSR count). The summed E-state index contributed by atoms with van der Waals surface area (Å²) in [6.07, 6.45) is 7.05. The molecule has 0 unspecified atom stereocenters. The molecule has 0 spiro atoms. The van der Waals surface area contributed by atoms with Crippen LogP contribution in [-0.4, -0.2) is 0 Å². The predicted octanol–water partition coefficient (Wildman–Crippen LogP) is 2.99. The number of hydrogen-bond donors (Lipinski definition) is 0. The second kappa shape index (κ2) is 6.30. The summed E-state index contributed by atoms with van der Waals surface area (Å²) in [5.41, 5.74) is 1.15. The fraction of sp³-hybridized carbons (Fsp3) is 0.273. The highest BCUT2D eigenvalue weighted by Crippen LogP contribution is 2.11. The van der Waals surface area contributed by atoms with Gasteiger partial charge in [0.25, 0.3) is 0 Å². The first-order valence-corrected chi connectivity index (χ1v) is 4.02. The summed E-state index contributed by atoms with van der Waals surface area (Å²) in [6, 6.07) is 7.61. The van der Waals surface area contributed by atoms with Gasteiger partial charge in [-0.1, -0.05) is 32.4 Å². The number of aryl methyl sites for hydroxylation is 1. The molecule has 12 heavy (non-hydrogen) atoms. The van der Waals surface area contributed by atoms with Crippen LogP contribution in [0.1, 0.15) is 19.4 Å². The van der Waals surface area contributed by atoms with Crippen LogP contribution in [0.5, 0.6) is 5.75 Å². The average molecular weight is 162 g/mol. The maximum Gasteiger partial charge on any atom is 0.140 e. The third kappa shape index (κ3) is 3.68. The van der Waals surface area contributed by atoms with Crippen molar-refractivity contribution < 1.29 is 4.74 Å². The fourth-order valence-electron chi connectivity index (χ4n) is 0.747. The number of ether oxygens (including phenoxy) is 1. The van der Waals surface area contributed by atoms with Crippen LogP contribution in [0.15, 0.2) is 24.3 Å². The minimum absolute atomic E-state index is 0.725. The van der Waals surface area contributed by atoms with E-state index in [2.05, 4.69) is 6.11 Å². The van der Waals surface area contributed by atoms with Crippen molar-refractivity contribution >= 4 is 0 Å². The van der Waals surface area contributed by atoms with Crippen molar-refractivity contribution in [3.8, 4) is 18.3 Å². The van der Waals surface area contributed by atoms with E-state index in [-0.39, 0.29) is 0 Å². The van der Waals surface area contributed by atoms with Crippen molar-refractivity contribution in [3.63, 3.8) is 0 Å². The molecule has 0 aliphatic carbocycles. The van der Waals surface area contributed by atoms with Gasteiger partial charge in [0.15, 0.2) is 0 Å². The Labute approximate surface area is 74.4 Å². The van der Waals surface area contributed by atoms with Crippen molar-refractivity contribution in [1.29, 1.82) is 0 Å². The zero-order valence-electron chi connectivity index (χ0n) is 7.79. The molecule has 0 bridgehead atoms. The molecule has 0 N–H and O–H groups in total. The maximum atomic E-state index is 4.94. The molecule has 1 aromatic carbocycles. The largest absolute Gasteiger partial charge is 0.408 e. The molecule has 0 aliphatic rings. The molecule has 0 saturated carbocycles. The lowest BCUT2D eigenvalue weighted by molar-refractivity contribution is 0.520. The Morgan fingerprint density at radius 1 is 1.33 bits per heavy atom. The van der Waals surface area contributed by atoms with E-state index in [0.29, 0.717) is 0 Å². The molecule has 1 nitrogen and oxygen atoms in total. The van der Waals surface area contributed by atoms with Gasteiger partial charge in [-0.15, -0.1) is 0 Å². The normalized spacial score (nSPS) is 7.50. The molecule has 0 radical (unpaired) electrons. The van der Waals surface area contributed by atoms with Crippen LogP contribution < -0.4 is 4.74 Å². The summed E-state index contributed by atoms with van der Waals surface area (Å²) in [7, 11) is 0. The summed E-state index contributed by atoms with van der Waals surface area (Å²) in [6.45, 7) is 5.99. The van der Waals surface area contributed by atoms with E-state index < -0.39 is 0 Å². The van der Waals surface area contributed by atoms with Gasteiger partial charge in [0.05, 0.1) is 0 Å². The molecule has 0 aliphatic heterocycles. The second-order valence-electron chi connectivity index (χ2n) is 2.04. The molecule has 0 amide bonds. The monoisotopic (exact) mass is 162 g/mol. The van der Waals surface area contributed by atoms with Crippen molar-refractivity contribution in [1.82, 2.24) is 0 Å². The highest BCUT2D eigenvalue weighted by atomic mass is 16.5. The quantitative estimate of drug-likeness (QED) is 0.577. The minimum atomic E-state index is 0.725. The number of terminal acetylenes is 1. The zero-order valence-corrected chi connectivity index (χ0v) is 7.79. The number of benzene rings is 1. The number of rotatable bonds is 1. The predicted molar refractivity (Wildman–Crippen MR) is 52.0 cm³/mol. The maximum absolute atomic E-state index is 4.94. The molecule has 0 fully saturated rings. The average Bonchev–Trinajstić information content (AvgIpc) is 2.09. The number of hydrogen-bond acceptors (Lipinski definition) is 1. The Kier molecular flexibility index (Phi) is 5.55. The van der Waals surface area contributed by atoms with Crippen molar-refractivity contribution in [2.24, 2.45) is 0 Å². The second-order valence-corrected chi connectivity index (χ2v) is 2.04. The first-order chi connectivity index (χ1) is 5.83. The Bertz CT molecular complexity index is 258. The van der Waals surface area contributed by atoms with Crippen LogP contribution in [0.4, 0.5) is 0 Å². The highest BCUT2D eigenvalue weighted by Gasteiger charge is 1.88. The standard InChI is InChI=1S/C9H8O.C2H6/c1-3-10-9-6-4-5-8(2)7-9;1-2/h1,4-7H,2H3;1-2H3. The smallest absolute Gasteiger partial charge is 0.140 e. The van der Waals surface area contributed by atoms with Gasteiger partial charge in [0.2, 0.25) is 0 Å². The molecule has 0 atom stereocenters. The van der Waals surface area contributed by atoms with Crippen LogP contribution in [0.2, 0.25) is 0 Å². The molecule has 0 saturated heterocycles. The topological polar surface area (TPSA) is 9.23 Å². The third-order valence-electron chi connectivity index (χ3n) is 1.17. The lowest BCUT2D eigenvalue weighted by Gasteiger charge is -1.96. The molecule has 64 valence electrons. The van der Waals surface area contributed by atoms with Gasteiger partial charge in [0, 0.05) is 0 Å². The molecular formula is C11H14O. The third-order valence-corrected chi connectivity index (χ3v) is 1.17. The molecule has 1 aromatic rings. The lowest BCUT2D eigenvalue weighted by Crippen LogP contribution is -1.81. The Morgan fingerprint density at radius 3 is 2.50 bits per heavy atom. The molecular weight excluding hydrogens is 148 g/mol. The molecule has 0 aromatic heterocycles. The van der Waals surface area contributed by atoms with E-state index in [1.54, 1.807) is 0 Å². The summed E-state index contributed by atoms with van der Waals surface area (Å²) < 4.78 is 4.81. The van der Waals surface area contributed by atoms with Gasteiger partial charge in [-0.25, -0.2) is 0 Å².